The fraction of sp³-hybridized carbons (Fsp3) is 0.308. The highest BCUT2D eigenvalue weighted by Gasteiger charge is 2.04. The molecule has 0 saturated heterocycles. The molecule has 0 aliphatic heterocycles. The van der Waals surface area contributed by atoms with Gasteiger partial charge in [-0.3, -0.25) is 0 Å². The minimum atomic E-state index is 0.803. The molecule has 0 atom stereocenters. The highest BCUT2D eigenvalue weighted by molar-refractivity contribution is 7.98. The fourth-order valence-corrected chi connectivity index (χ4v) is 3.02. The van der Waals surface area contributed by atoms with Crippen molar-refractivity contribution in [1.82, 2.24) is 4.98 Å². The molecule has 1 aromatic heterocycles. The zero-order valence-electron chi connectivity index (χ0n) is 10.3. The first-order valence-electron chi connectivity index (χ1n) is 5.50. The van der Waals surface area contributed by atoms with Crippen LogP contribution in [0.25, 0.3) is 0 Å². The van der Waals surface area contributed by atoms with Crippen LogP contribution in [0.1, 0.15) is 15.6 Å². The van der Waals surface area contributed by atoms with Gasteiger partial charge in [0.15, 0.2) is 0 Å². The van der Waals surface area contributed by atoms with Gasteiger partial charge in [0.05, 0.1) is 12.2 Å². The van der Waals surface area contributed by atoms with Gasteiger partial charge in [0.1, 0.15) is 5.01 Å². The average Bonchev–Trinajstić information content (AvgIpc) is 2.66. The second-order valence-corrected chi connectivity index (χ2v) is 5.94. The van der Waals surface area contributed by atoms with Gasteiger partial charge in [0.2, 0.25) is 0 Å². The van der Waals surface area contributed by atoms with Gasteiger partial charge in [-0.1, -0.05) is 12.1 Å². The lowest BCUT2D eigenvalue weighted by atomic mass is 10.3. The number of hydrogen-bond donors (Lipinski definition) is 1. The first-order chi connectivity index (χ1) is 8.20. The Bertz CT molecular complexity index is 486. The maximum Gasteiger partial charge on any atom is 0.112 e. The van der Waals surface area contributed by atoms with Crippen molar-refractivity contribution in [3.8, 4) is 0 Å². The summed E-state index contributed by atoms with van der Waals surface area (Å²) in [5.74, 6) is 0. The molecule has 0 aliphatic carbocycles. The minimum Gasteiger partial charge on any atom is -0.378 e. The number of aryl methyl sites for hydroxylation is 2. The molecule has 2 aromatic rings. The number of para-hydroxylation sites is 1. The molecular formula is C13H16N2S2. The Morgan fingerprint density at radius 3 is 2.71 bits per heavy atom. The fourth-order valence-electron chi connectivity index (χ4n) is 1.58. The van der Waals surface area contributed by atoms with E-state index in [1.165, 1.54) is 15.5 Å². The van der Waals surface area contributed by atoms with Crippen LogP contribution in [0.2, 0.25) is 0 Å². The van der Waals surface area contributed by atoms with E-state index in [0.29, 0.717) is 0 Å². The number of nitrogens with zero attached hydrogens (tertiary/aromatic N) is 1. The standard InChI is InChI=1S/C13H16N2S2/c1-9-10(2)17-13(15-9)8-14-11-6-4-5-7-12(11)16-3/h4-7,14H,8H2,1-3H3. The normalized spacial score (nSPS) is 10.5. The molecule has 1 N–H and O–H groups in total. The van der Waals surface area contributed by atoms with E-state index in [1.54, 1.807) is 23.1 Å². The van der Waals surface area contributed by atoms with Crippen molar-refractivity contribution in [2.45, 2.75) is 25.3 Å². The van der Waals surface area contributed by atoms with E-state index in [-0.39, 0.29) is 0 Å². The number of benzene rings is 1. The zero-order valence-corrected chi connectivity index (χ0v) is 11.9. The summed E-state index contributed by atoms with van der Waals surface area (Å²) in [6.07, 6.45) is 2.10. The molecule has 0 saturated carbocycles. The summed E-state index contributed by atoms with van der Waals surface area (Å²) in [6.45, 7) is 4.98. The van der Waals surface area contributed by atoms with Crippen molar-refractivity contribution in [3.05, 3.63) is 39.8 Å². The molecule has 0 unspecified atom stereocenters. The van der Waals surface area contributed by atoms with E-state index in [2.05, 4.69) is 54.7 Å². The molecule has 0 radical (unpaired) electrons. The Hall–Kier alpha value is -1.00. The van der Waals surface area contributed by atoms with Crippen molar-refractivity contribution in [3.63, 3.8) is 0 Å². The lowest BCUT2D eigenvalue weighted by molar-refractivity contribution is 1.06. The van der Waals surface area contributed by atoms with E-state index in [1.807, 2.05) is 0 Å². The Labute approximate surface area is 110 Å². The number of hydrogen-bond acceptors (Lipinski definition) is 4. The summed E-state index contributed by atoms with van der Waals surface area (Å²) in [6, 6.07) is 8.36. The summed E-state index contributed by atoms with van der Waals surface area (Å²) in [5, 5.41) is 4.60. The molecule has 0 fully saturated rings. The van der Waals surface area contributed by atoms with Crippen LogP contribution in [-0.4, -0.2) is 11.2 Å². The highest BCUT2D eigenvalue weighted by atomic mass is 32.2. The molecule has 0 amide bonds. The number of aromatic nitrogens is 1. The van der Waals surface area contributed by atoms with Crippen LogP contribution < -0.4 is 5.32 Å². The van der Waals surface area contributed by atoms with Gasteiger partial charge in [-0.05, 0) is 32.2 Å². The highest BCUT2D eigenvalue weighted by Crippen LogP contribution is 2.25. The number of nitrogens with one attached hydrogen (secondary N) is 1. The number of anilines is 1. The third-order valence-electron chi connectivity index (χ3n) is 2.61. The lowest BCUT2D eigenvalue weighted by Crippen LogP contribution is -1.99. The second kappa shape index (κ2) is 5.56. The monoisotopic (exact) mass is 264 g/mol. The number of rotatable bonds is 4. The number of thioether (sulfide) groups is 1. The molecule has 2 rings (SSSR count). The largest absolute Gasteiger partial charge is 0.378 e. The lowest BCUT2D eigenvalue weighted by Gasteiger charge is -2.08. The van der Waals surface area contributed by atoms with Crippen LogP contribution in [0.3, 0.4) is 0 Å². The maximum absolute atomic E-state index is 4.53. The third kappa shape index (κ3) is 3.01. The summed E-state index contributed by atoms with van der Waals surface area (Å²) in [7, 11) is 0. The van der Waals surface area contributed by atoms with Crippen molar-refractivity contribution in [1.29, 1.82) is 0 Å². The van der Waals surface area contributed by atoms with Crippen LogP contribution in [-0.2, 0) is 6.54 Å². The van der Waals surface area contributed by atoms with Crippen LogP contribution in [0, 0.1) is 13.8 Å². The predicted molar refractivity (Wildman–Crippen MR) is 77.1 cm³/mol. The van der Waals surface area contributed by atoms with Crippen molar-refractivity contribution < 1.29 is 0 Å². The molecule has 1 heterocycles. The summed E-state index contributed by atoms with van der Waals surface area (Å²) in [5.41, 5.74) is 2.33. The quantitative estimate of drug-likeness (QED) is 0.842. The summed E-state index contributed by atoms with van der Waals surface area (Å²) >= 11 is 3.53. The first kappa shape index (κ1) is 12.5. The summed E-state index contributed by atoms with van der Waals surface area (Å²) < 4.78 is 0. The van der Waals surface area contributed by atoms with Gasteiger partial charge in [-0.15, -0.1) is 23.1 Å². The van der Waals surface area contributed by atoms with Gasteiger partial charge in [0, 0.05) is 15.5 Å². The van der Waals surface area contributed by atoms with Crippen molar-refractivity contribution in [2.75, 3.05) is 11.6 Å². The zero-order chi connectivity index (χ0) is 12.3. The SMILES string of the molecule is CSc1ccccc1NCc1nc(C)c(C)s1. The molecule has 0 bridgehead atoms. The Kier molecular flexibility index (Phi) is 4.07. The van der Waals surface area contributed by atoms with E-state index >= 15 is 0 Å². The van der Waals surface area contributed by atoms with Crippen molar-refractivity contribution in [2.24, 2.45) is 0 Å². The van der Waals surface area contributed by atoms with Crippen molar-refractivity contribution >= 4 is 28.8 Å². The van der Waals surface area contributed by atoms with Gasteiger partial charge >= 0.3 is 0 Å². The van der Waals surface area contributed by atoms with Gasteiger partial charge in [0.25, 0.3) is 0 Å². The second-order valence-electron chi connectivity index (χ2n) is 3.80. The molecule has 90 valence electrons. The smallest absolute Gasteiger partial charge is 0.112 e. The molecule has 1 aromatic carbocycles. The summed E-state index contributed by atoms with van der Waals surface area (Å²) in [4.78, 5) is 7.11. The molecule has 0 aliphatic rings. The first-order valence-corrected chi connectivity index (χ1v) is 7.54. The van der Waals surface area contributed by atoms with Crippen LogP contribution in [0.5, 0.6) is 0 Å². The topological polar surface area (TPSA) is 24.9 Å². The average molecular weight is 264 g/mol. The Morgan fingerprint density at radius 1 is 1.29 bits per heavy atom. The Balaban J connectivity index is 2.07. The molecule has 2 nitrogen and oxygen atoms in total. The molecule has 0 spiro atoms. The van der Waals surface area contributed by atoms with Gasteiger partial charge < -0.3 is 5.32 Å². The van der Waals surface area contributed by atoms with Gasteiger partial charge in [-0.2, -0.15) is 0 Å². The van der Waals surface area contributed by atoms with Crippen LogP contribution in [0.4, 0.5) is 5.69 Å². The number of thiazole rings is 1. The predicted octanol–water partition coefficient (Wildman–Crippen LogP) is 4.09. The van der Waals surface area contributed by atoms with E-state index in [4.69, 9.17) is 0 Å². The van der Waals surface area contributed by atoms with Crippen LogP contribution >= 0.6 is 23.1 Å². The molecule has 4 heteroatoms. The third-order valence-corrected chi connectivity index (χ3v) is 4.48. The maximum atomic E-state index is 4.53. The minimum absolute atomic E-state index is 0.803. The molecular weight excluding hydrogens is 248 g/mol. The van der Waals surface area contributed by atoms with E-state index in [0.717, 1.165) is 17.2 Å². The van der Waals surface area contributed by atoms with E-state index in [9.17, 15) is 0 Å². The van der Waals surface area contributed by atoms with Crippen LogP contribution in [0.15, 0.2) is 29.2 Å². The van der Waals surface area contributed by atoms with Gasteiger partial charge in [-0.25, -0.2) is 4.98 Å². The molecule has 17 heavy (non-hydrogen) atoms. The van der Waals surface area contributed by atoms with E-state index < -0.39 is 0 Å². The Morgan fingerprint density at radius 2 is 2.06 bits per heavy atom.